The Balaban J connectivity index is 1.60. The topological polar surface area (TPSA) is 23.6 Å². The van der Waals surface area contributed by atoms with Gasteiger partial charge in [0.15, 0.2) is 0 Å². The first-order chi connectivity index (χ1) is 10.7. The molecule has 22 heavy (non-hydrogen) atoms. The zero-order valence-electron chi connectivity index (χ0n) is 12.9. The zero-order valence-corrected chi connectivity index (χ0v) is 13.6. The van der Waals surface area contributed by atoms with Crippen molar-refractivity contribution in [3.63, 3.8) is 0 Å². The normalized spacial score (nSPS) is 22.8. The summed E-state index contributed by atoms with van der Waals surface area (Å²) in [5, 5.41) is 0.697. The summed E-state index contributed by atoms with van der Waals surface area (Å²) in [5.74, 6) is 0.127. The third-order valence-corrected chi connectivity index (χ3v) is 4.83. The Morgan fingerprint density at radius 1 is 1.23 bits per heavy atom. The van der Waals surface area contributed by atoms with Crippen LogP contribution in [0.2, 0.25) is 5.02 Å². The minimum absolute atomic E-state index is 0.127. The average molecular weight is 319 g/mol. The van der Waals surface area contributed by atoms with E-state index in [1.807, 2.05) is 35.2 Å². The first kappa shape index (κ1) is 15.6. The number of likely N-dealkylation sites (tertiary alicyclic amines) is 2. The number of carbonyl (C=O) groups excluding carboxylic acids is 1. The summed E-state index contributed by atoms with van der Waals surface area (Å²) in [4.78, 5) is 17.0. The highest BCUT2D eigenvalue weighted by atomic mass is 35.5. The summed E-state index contributed by atoms with van der Waals surface area (Å²) in [6, 6.07) is 7.96. The van der Waals surface area contributed by atoms with Gasteiger partial charge in [-0.2, -0.15) is 0 Å². The van der Waals surface area contributed by atoms with Crippen molar-refractivity contribution < 1.29 is 4.79 Å². The molecule has 0 aliphatic carbocycles. The van der Waals surface area contributed by atoms with Crippen molar-refractivity contribution in [3.8, 4) is 0 Å². The van der Waals surface area contributed by atoms with E-state index in [0.717, 1.165) is 31.5 Å². The molecule has 0 spiro atoms. The smallest absolute Gasteiger partial charge is 0.246 e. The van der Waals surface area contributed by atoms with Crippen LogP contribution in [-0.4, -0.2) is 47.9 Å². The van der Waals surface area contributed by atoms with Crippen molar-refractivity contribution in [1.82, 2.24) is 9.80 Å². The summed E-state index contributed by atoms with van der Waals surface area (Å²) in [7, 11) is 0. The fourth-order valence-electron chi connectivity index (χ4n) is 3.45. The lowest BCUT2D eigenvalue weighted by Gasteiger charge is -2.27. The van der Waals surface area contributed by atoms with E-state index in [9.17, 15) is 4.79 Å². The summed E-state index contributed by atoms with van der Waals surface area (Å²) in [5.41, 5.74) is 0.969. The Bertz CT molecular complexity index is 552. The van der Waals surface area contributed by atoms with Gasteiger partial charge in [-0.1, -0.05) is 23.7 Å². The highest BCUT2D eigenvalue weighted by molar-refractivity contribution is 6.30. The van der Waals surface area contributed by atoms with E-state index in [-0.39, 0.29) is 5.91 Å². The minimum atomic E-state index is 0.127. The number of rotatable bonds is 4. The first-order valence-corrected chi connectivity index (χ1v) is 8.57. The van der Waals surface area contributed by atoms with Gasteiger partial charge in [0.05, 0.1) is 0 Å². The van der Waals surface area contributed by atoms with Gasteiger partial charge >= 0.3 is 0 Å². The molecule has 2 aliphatic rings. The predicted molar refractivity (Wildman–Crippen MR) is 90.9 cm³/mol. The minimum Gasteiger partial charge on any atom is -0.335 e. The number of hydrogen-bond donors (Lipinski definition) is 0. The molecule has 1 amide bonds. The van der Waals surface area contributed by atoms with Gasteiger partial charge in [-0.25, -0.2) is 0 Å². The monoisotopic (exact) mass is 318 g/mol. The molecule has 0 aromatic heterocycles. The Labute approximate surface area is 137 Å². The summed E-state index contributed by atoms with van der Waals surface area (Å²) in [6.45, 7) is 4.31. The molecule has 2 fully saturated rings. The van der Waals surface area contributed by atoms with Crippen LogP contribution < -0.4 is 0 Å². The SMILES string of the molecule is O=C(/C=C/c1cccc(Cl)c1)N1CCC[C@H]1CN1CCCC1. The van der Waals surface area contributed by atoms with Gasteiger partial charge in [-0.15, -0.1) is 0 Å². The maximum atomic E-state index is 12.5. The standard InChI is InChI=1S/C18H23ClN2O/c19-16-6-3-5-15(13-16)8-9-18(22)21-12-4-7-17(21)14-20-10-1-2-11-20/h3,5-6,8-9,13,17H,1-2,4,7,10-12,14H2/b9-8+/t17-/m0/s1. The van der Waals surface area contributed by atoms with E-state index in [2.05, 4.69) is 4.90 Å². The van der Waals surface area contributed by atoms with E-state index < -0.39 is 0 Å². The van der Waals surface area contributed by atoms with Gasteiger partial charge in [0, 0.05) is 30.2 Å². The Kier molecular flexibility index (Phi) is 5.16. The van der Waals surface area contributed by atoms with Gasteiger partial charge in [-0.3, -0.25) is 4.79 Å². The fourth-order valence-corrected chi connectivity index (χ4v) is 3.65. The second kappa shape index (κ2) is 7.30. The molecule has 2 aliphatic heterocycles. The molecule has 0 radical (unpaired) electrons. The van der Waals surface area contributed by atoms with Crippen molar-refractivity contribution in [2.24, 2.45) is 0 Å². The Hall–Kier alpha value is -1.32. The van der Waals surface area contributed by atoms with Crippen LogP contribution in [0.3, 0.4) is 0 Å². The largest absolute Gasteiger partial charge is 0.335 e. The van der Waals surface area contributed by atoms with Gasteiger partial charge in [0.2, 0.25) is 5.91 Å². The Morgan fingerprint density at radius 3 is 2.82 bits per heavy atom. The van der Waals surface area contributed by atoms with Crippen LogP contribution in [0.25, 0.3) is 6.08 Å². The molecule has 3 nitrogen and oxygen atoms in total. The van der Waals surface area contributed by atoms with Crippen molar-refractivity contribution in [2.45, 2.75) is 31.7 Å². The van der Waals surface area contributed by atoms with Gasteiger partial charge in [0.25, 0.3) is 0 Å². The van der Waals surface area contributed by atoms with Crippen molar-refractivity contribution >= 4 is 23.6 Å². The lowest BCUT2D eigenvalue weighted by molar-refractivity contribution is -0.127. The second-order valence-corrected chi connectivity index (χ2v) is 6.66. The lowest BCUT2D eigenvalue weighted by Crippen LogP contribution is -2.41. The number of benzene rings is 1. The van der Waals surface area contributed by atoms with E-state index in [1.54, 1.807) is 6.08 Å². The van der Waals surface area contributed by atoms with Crippen LogP contribution in [0.4, 0.5) is 0 Å². The molecule has 1 atom stereocenters. The average Bonchev–Trinajstić information content (AvgIpc) is 3.17. The number of amides is 1. The van der Waals surface area contributed by atoms with Gasteiger partial charge in [0.1, 0.15) is 0 Å². The third-order valence-electron chi connectivity index (χ3n) is 4.59. The van der Waals surface area contributed by atoms with Crippen LogP contribution >= 0.6 is 11.6 Å². The number of nitrogens with zero attached hydrogens (tertiary/aromatic N) is 2. The molecule has 0 bridgehead atoms. The number of carbonyl (C=O) groups is 1. The van der Waals surface area contributed by atoms with Gasteiger partial charge in [-0.05, 0) is 62.5 Å². The highest BCUT2D eigenvalue weighted by Gasteiger charge is 2.29. The summed E-state index contributed by atoms with van der Waals surface area (Å²) < 4.78 is 0. The zero-order chi connectivity index (χ0) is 15.4. The van der Waals surface area contributed by atoms with Crippen LogP contribution in [0.1, 0.15) is 31.2 Å². The molecular formula is C18H23ClN2O. The van der Waals surface area contributed by atoms with Crippen LogP contribution in [0, 0.1) is 0 Å². The molecule has 4 heteroatoms. The highest BCUT2D eigenvalue weighted by Crippen LogP contribution is 2.21. The second-order valence-electron chi connectivity index (χ2n) is 6.22. The quantitative estimate of drug-likeness (QED) is 0.794. The summed E-state index contributed by atoms with van der Waals surface area (Å²) in [6.07, 6.45) is 8.40. The molecule has 0 unspecified atom stereocenters. The maximum absolute atomic E-state index is 12.5. The van der Waals surface area contributed by atoms with Gasteiger partial charge < -0.3 is 9.80 Å². The third kappa shape index (κ3) is 3.90. The molecular weight excluding hydrogens is 296 g/mol. The van der Waals surface area contributed by atoms with Crippen molar-refractivity contribution in [1.29, 1.82) is 0 Å². The molecule has 3 rings (SSSR count). The predicted octanol–water partition coefficient (Wildman–Crippen LogP) is 3.44. The molecule has 2 heterocycles. The molecule has 1 aromatic rings. The van der Waals surface area contributed by atoms with Crippen LogP contribution in [0.5, 0.6) is 0 Å². The van der Waals surface area contributed by atoms with Crippen molar-refractivity contribution in [3.05, 3.63) is 40.9 Å². The number of halogens is 1. The van der Waals surface area contributed by atoms with E-state index in [0.29, 0.717) is 11.1 Å². The van der Waals surface area contributed by atoms with Crippen molar-refractivity contribution in [2.75, 3.05) is 26.2 Å². The fraction of sp³-hybridized carbons (Fsp3) is 0.500. The van der Waals surface area contributed by atoms with E-state index in [4.69, 9.17) is 11.6 Å². The summed E-state index contributed by atoms with van der Waals surface area (Å²) >= 11 is 5.97. The van der Waals surface area contributed by atoms with E-state index in [1.165, 1.54) is 25.9 Å². The van der Waals surface area contributed by atoms with E-state index >= 15 is 0 Å². The first-order valence-electron chi connectivity index (χ1n) is 8.19. The molecule has 118 valence electrons. The number of hydrogen-bond acceptors (Lipinski definition) is 2. The Morgan fingerprint density at radius 2 is 2.05 bits per heavy atom. The molecule has 1 aromatic carbocycles. The lowest BCUT2D eigenvalue weighted by atomic mass is 10.2. The molecule has 0 saturated carbocycles. The molecule has 0 N–H and O–H groups in total. The van der Waals surface area contributed by atoms with Crippen LogP contribution in [-0.2, 0) is 4.79 Å². The molecule has 2 saturated heterocycles. The maximum Gasteiger partial charge on any atom is 0.246 e. The van der Waals surface area contributed by atoms with Crippen LogP contribution in [0.15, 0.2) is 30.3 Å².